The van der Waals surface area contributed by atoms with Crippen LogP contribution in [-0.4, -0.2) is 15.5 Å². The molecular weight excluding hydrogens is 368 g/mol. The molecule has 138 valence electrons. The monoisotopic (exact) mass is 386 g/mol. The number of aromatic nitrogens is 2. The molecule has 3 aromatic carbocycles. The summed E-state index contributed by atoms with van der Waals surface area (Å²) in [6.45, 7) is 0. The number of imidazole rings is 1. The Labute approximate surface area is 167 Å². The number of carbonyl (C=O) groups is 1. The summed E-state index contributed by atoms with van der Waals surface area (Å²) in [5, 5.41) is 6.23. The minimum atomic E-state index is -0.236. The van der Waals surface area contributed by atoms with Gasteiger partial charge in [0.1, 0.15) is 5.69 Å². The lowest BCUT2D eigenvalue weighted by molar-refractivity contribution is 0.102. The van der Waals surface area contributed by atoms with E-state index in [2.05, 4.69) is 15.6 Å². The van der Waals surface area contributed by atoms with E-state index in [-0.39, 0.29) is 5.91 Å². The van der Waals surface area contributed by atoms with Gasteiger partial charge in [0.25, 0.3) is 5.91 Å². The van der Waals surface area contributed by atoms with E-state index in [4.69, 9.17) is 12.2 Å². The third kappa shape index (κ3) is 3.87. The molecule has 5 nitrogen and oxygen atoms in total. The molecule has 0 saturated heterocycles. The number of para-hydroxylation sites is 2. The number of nitrogens with one attached hydrogen (secondary N) is 3. The topological polar surface area (TPSA) is 61.9 Å². The Morgan fingerprint density at radius 1 is 0.786 bits per heavy atom. The number of H-pyrrole nitrogens is 1. The number of aromatic amines is 1. The first-order chi connectivity index (χ1) is 13.7. The van der Waals surface area contributed by atoms with E-state index in [9.17, 15) is 4.79 Å². The fourth-order valence-electron chi connectivity index (χ4n) is 2.89. The van der Waals surface area contributed by atoms with Crippen LogP contribution < -0.4 is 10.6 Å². The summed E-state index contributed by atoms with van der Waals surface area (Å²) in [6, 6.07) is 27.0. The largest absolute Gasteiger partial charge is 0.356 e. The van der Waals surface area contributed by atoms with E-state index in [1.807, 2.05) is 84.9 Å². The van der Waals surface area contributed by atoms with Gasteiger partial charge < -0.3 is 15.6 Å². The van der Waals surface area contributed by atoms with Crippen molar-refractivity contribution in [3.05, 3.63) is 102 Å². The molecule has 0 aliphatic heterocycles. The van der Waals surface area contributed by atoms with Crippen LogP contribution in [0.2, 0.25) is 0 Å². The highest BCUT2D eigenvalue weighted by Gasteiger charge is 2.14. The van der Waals surface area contributed by atoms with Gasteiger partial charge in [0.15, 0.2) is 4.77 Å². The predicted octanol–water partition coefficient (Wildman–Crippen LogP) is 5.53. The van der Waals surface area contributed by atoms with Crippen molar-refractivity contribution in [3.63, 3.8) is 0 Å². The molecule has 28 heavy (non-hydrogen) atoms. The highest BCUT2D eigenvalue weighted by Crippen LogP contribution is 2.20. The van der Waals surface area contributed by atoms with Crippen LogP contribution in [-0.2, 0) is 0 Å². The highest BCUT2D eigenvalue weighted by atomic mass is 32.1. The molecule has 3 N–H and O–H groups in total. The van der Waals surface area contributed by atoms with E-state index in [0.29, 0.717) is 16.2 Å². The zero-order valence-electron chi connectivity index (χ0n) is 14.9. The van der Waals surface area contributed by atoms with Crippen molar-refractivity contribution in [1.82, 2.24) is 9.55 Å². The molecule has 4 aromatic rings. The van der Waals surface area contributed by atoms with Crippen LogP contribution in [0.4, 0.5) is 17.1 Å². The summed E-state index contributed by atoms with van der Waals surface area (Å²) in [7, 11) is 0. The van der Waals surface area contributed by atoms with Gasteiger partial charge in [-0.15, -0.1) is 0 Å². The Kier molecular flexibility index (Phi) is 5.03. The molecule has 0 radical (unpaired) electrons. The van der Waals surface area contributed by atoms with Crippen molar-refractivity contribution in [2.75, 3.05) is 10.6 Å². The molecule has 1 heterocycles. The Bertz CT molecular complexity index is 1130. The molecule has 0 fully saturated rings. The van der Waals surface area contributed by atoms with E-state index in [0.717, 1.165) is 17.1 Å². The fourth-order valence-corrected chi connectivity index (χ4v) is 3.15. The van der Waals surface area contributed by atoms with Crippen LogP contribution >= 0.6 is 12.2 Å². The first-order valence-corrected chi connectivity index (χ1v) is 9.21. The van der Waals surface area contributed by atoms with Gasteiger partial charge in [0.05, 0.1) is 0 Å². The molecular formula is C22H18N4OS. The number of hydrogen-bond acceptors (Lipinski definition) is 3. The number of rotatable bonds is 5. The molecule has 0 atom stereocenters. The van der Waals surface area contributed by atoms with Crippen molar-refractivity contribution in [2.24, 2.45) is 0 Å². The summed E-state index contributed by atoms with van der Waals surface area (Å²) in [5.74, 6) is -0.236. The first-order valence-electron chi connectivity index (χ1n) is 8.80. The Morgan fingerprint density at radius 3 is 2.04 bits per heavy atom. The number of hydrogen-bond donors (Lipinski definition) is 3. The Balaban J connectivity index is 1.51. The lowest BCUT2D eigenvalue weighted by Gasteiger charge is -2.10. The van der Waals surface area contributed by atoms with Crippen molar-refractivity contribution in [3.8, 4) is 5.69 Å². The number of nitrogens with zero attached hydrogens (tertiary/aromatic N) is 1. The third-order valence-corrected chi connectivity index (χ3v) is 4.53. The summed E-state index contributed by atoms with van der Waals surface area (Å²) in [5.41, 5.74) is 3.94. The maximum atomic E-state index is 12.8. The van der Waals surface area contributed by atoms with E-state index in [1.54, 1.807) is 10.8 Å². The van der Waals surface area contributed by atoms with Crippen LogP contribution in [0.1, 0.15) is 10.5 Å². The SMILES string of the molecule is O=C(Nc1ccc(Nc2ccccc2)cc1)c1c[nH]c(=S)n1-c1ccccc1. The maximum Gasteiger partial charge on any atom is 0.274 e. The van der Waals surface area contributed by atoms with Gasteiger partial charge in [0.2, 0.25) is 0 Å². The second-order valence-corrected chi connectivity index (χ2v) is 6.56. The minimum absolute atomic E-state index is 0.236. The molecule has 0 aliphatic rings. The fraction of sp³-hybridized carbons (Fsp3) is 0. The quantitative estimate of drug-likeness (QED) is 0.395. The summed E-state index contributed by atoms with van der Waals surface area (Å²) >= 11 is 5.34. The van der Waals surface area contributed by atoms with Crippen molar-refractivity contribution < 1.29 is 4.79 Å². The van der Waals surface area contributed by atoms with Gasteiger partial charge in [-0.25, -0.2) is 0 Å². The van der Waals surface area contributed by atoms with Crippen LogP contribution in [0, 0.1) is 4.77 Å². The third-order valence-electron chi connectivity index (χ3n) is 4.23. The second kappa shape index (κ2) is 7.94. The predicted molar refractivity (Wildman–Crippen MR) is 115 cm³/mol. The maximum absolute atomic E-state index is 12.8. The molecule has 0 saturated carbocycles. The molecule has 6 heteroatoms. The van der Waals surface area contributed by atoms with Gasteiger partial charge in [-0.3, -0.25) is 9.36 Å². The van der Waals surface area contributed by atoms with Gasteiger partial charge in [-0.1, -0.05) is 36.4 Å². The van der Waals surface area contributed by atoms with Gasteiger partial charge in [-0.2, -0.15) is 0 Å². The lowest BCUT2D eigenvalue weighted by Crippen LogP contribution is -2.16. The van der Waals surface area contributed by atoms with E-state index < -0.39 is 0 Å². The molecule has 0 unspecified atom stereocenters. The molecule has 0 bridgehead atoms. The zero-order chi connectivity index (χ0) is 19.3. The van der Waals surface area contributed by atoms with Crippen molar-refractivity contribution >= 4 is 35.2 Å². The number of benzene rings is 3. The second-order valence-electron chi connectivity index (χ2n) is 6.17. The zero-order valence-corrected chi connectivity index (χ0v) is 15.7. The molecule has 0 aliphatic carbocycles. The van der Waals surface area contributed by atoms with E-state index >= 15 is 0 Å². The van der Waals surface area contributed by atoms with Gasteiger partial charge in [-0.05, 0) is 60.7 Å². The highest BCUT2D eigenvalue weighted by molar-refractivity contribution is 7.71. The van der Waals surface area contributed by atoms with Crippen LogP contribution in [0.25, 0.3) is 5.69 Å². The summed E-state index contributed by atoms with van der Waals surface area (Å²) in [6.07, 6.45) is 1.62. The van der Waals surface area contributed by atoms with Crippen LogP contribution in [0.3, 0.4) is 0 Å². The minimum Gasteiger partial charge on any atom is -0.356 e. The average Bonchev–Trinajstić information content (AvgIpc) is 3.12. The Hall–Kier alpha value is -3.64. The van der Waals surface area contributed by atoms with E-state index in [1.165, 1.54) is 0 Å². The molecule has 1 aromatic heterocycles. The van der Waals surface area contributed by atoms with Gasteiger partial charge in [0, 0.05) is 28.9 Å². The standard InChI is InChI=1S/C22H18N4OS/c27-21(20-15-23-22(28)26(20)19-9-5-2-6-10-19)25-18-13-11-17(12-14-18)24-16-7-3-1-4-8-16/h1-15,24H,(H,23,28)(H,25,27). The van der Waals surface area contributed by atoms with Crippen molar-refractivity contribution in [2.45, 2.75) is 0 Å². The molecule has 1 amide bonds. The Morgan fingerprint density at radius 2 is 1.36 bits per heavy atom. The smallest absolute Gasteiger partial charge is 0.274 e. The molecule has 0 spiro atoms. The average molecular weight is 386 g/mol. The summed E-state index contributed by atoms with van der Waals surface area (Å²) in [4.78, 5) is 15.7. The summed E-state index contributed by atoms with van der Waals surface area (Å²) < 4.78 is 2.19. The van der Waals surface area contributed by atoms with Crippen LogP contribution in [0.5, 0.6) is 0 Å². The lowest BCUT2D eigenvalue weighted by atomic mass is 10.2. The van der Waals surface area contributed by atoms with Gasteiger partial charge >= 0.3 is 0 Å². The first kappa shape index (κ1) is 17.8. The molecule has 4 rings (SSSR count). The normalized spacial score (nSPS) is 10.4. The number of anilines is 3. The number of carbonyl (C=O) groups excluding carboxylic acids is 1. The van der Waals surface area contributed by atoms with Crippen molar-refractivity contribution in [1.29, 1.82) is 0 Å². The number of amides is 1. The van der Waals surface area contributed by atoms with Crippen LogP contribution in [0.15, 0.2) is 91.1 Å².